The highest BCUT2D eigenvalue weighted by atomic mass is 16.4. The lowest BCUT2D eigenvalue weighted by Crippen LogP contribution is -2.09. The lowest BCUT2D eigenvalue weighted by molar-refractivity contribution is 0.499. The van der Waals surface area contributed by atoms with E-state index < -0.39 is 0 Å². The summed E-state index contributed by atoms with van der Waals surface area (Å²) in [6.07, 6.45) is 3.37. The maximum absolute atomic E-state index is 11.9. The quantitative estimate of drug-likeness (QED) is 0.580. The third-order valence-corrected chi connectivity index (χ3v) is 3.83. The molecule has 1 aromatic carbocycles. The van der Waals surface area contributed by atoms with Gasteiger partial charge in [-0.3, -0.25) is 4.79 Å². The number of benzene rings is 1. The number of aryl methyl sites for hydroxylation is 1. The number of fused-ring (bicyclic) bond motifs is 1. The first-order chi connectivity index (χ1) is 11.2. The summed E-state index contributed by atoms with van der Waals surface area (Å²) in [7, 11) is 0. The minimum atomic E-state index is 0.0185. The Bertz CT molecular complexity index is 1030. The van der Waals surface area contributed by atoms with Crippen molar-refractivity contribution in [3.8, 4) is 11.7 Å². The van der Waals surface area contributed by atoms with Gasteiger partial charge in [0.2, 0.25) is 0 Å². The molecule has 3 aromatic heterocycles. The number of aromatic nitrogens is 2. The van der Waals surface area contributed by atoms with Gasteiger partial charge in [0.05, 0.1) is 18.3 Å². The molecule has 0 saturated heterocycles. The summed E-state index contributed by atoms with van der Waals surface area (Å²) < 4.78 is 13.0. The summed E-state index contributed by atoms with van der Waals surface area (Å²) in [6, 6.07) is 12.7. The zero-order valence-electron chi connectivity index (χ0n) is 12.5. The Kier molecular flexibility index (Phi) is 3.12. The number of furan rings is 1. The fourth-order valence-electron chi connectivity index (χ4n) is 2.64. The Labute approximate surface area is 131 Å². The third kappa shape index (κ3) is 2.36. The van der Waals surface area contributed by atoms with Gasteiger partial charge in [-0.1, -0.05) is 12.1 Å². The summed E-state index contributed by atoms with van der Waals surface area (Å²) >= 11 is 0. The summed E-state index contributed by atoms with van der Waals surface area (Å²) in [5.74, 6) is 1.80. The van der Waals surface area contributed by atoms with Crippen molar-refractivity contribution in [2.45, 2.75) is 13.5 Å². The SMILES string of the molecule is Cc1oc(-c2ccco2)nc1Cn1ccc(=O)c2ccccc21. The molecule has 5 heteroatoms. The summed E-state index contributed by atoms with van der Waals surface area (Å²) in [5.41, 5.74) is 1.71. The molecular weight excluding hydrogens is 292 g/mol. The smallest absolute Gasteiger partial charge is 0.263 e. The van der Waals surface area contributed by atoms with Gasteiger partial charge >= 0.3 is 0 Å². The summed E-state index contributed by atoms with van der Waals surface area (Å²) in [4.78, 5) is 16.5. The molecule has 0 aliphatic rings. The van der Waals surface area contributed by atoms with Crippen LogP contribution in [-0.2, 0) is 6.54 Å². The molecule has 0 N–H and O–H groups in total. The van der Waals surface area contributed by atoms with Crippen molar-refractivity contribution in [3.63, 3.8) is 0 Å². The predicted octanol–water partition coefficient (Wildman–Crippen LogP) is 3.61. The van der Waals surface area contributed by atoms with Gasteiger partial charge in [-0.15, -0.1) is 0 Å². The Hall–Kier alpha value is -3.08. The van der Waals surface area contributed by atoms with E-state index in [1.54, 1.807) is 24.6 Å². The zero-order valence-corrected chi connectivity index (χ0v) is 12.5. The fourth-order valence-corrected chi connectivity index (χ4v) is 2.64. The Morgan fingerprint density at radius 2 is 2.00 bits per heavy atom. The van der Waals surface area contributed by atoms with Gasteiger partial charge in [0.1, 0.15) is 11.5 Å². The molecule has 4 aromatic rings. The van der Waals surface area contributed by atoms with Crippen molar-refractivity contribution >= 4 is 10.9 Å². The van der Waals surface area contributed by atoms with Crippen LogP contribution < -0.4 is 5.43 Å². The highest BCUT2D eigenvalue weighted by Gasteiger charge is 2.14. The lowest BCUT2D eigenvalue weighted by atomic mass is 10.2. The first kappa shape index (κ1) is 13.6. The molecule has 0 amide bonds. The standard InChI is InChI=1S/C18H14N2O3/c1-12-14(19-18(23-12)17-7-4-10-22-17)11-20-9-8-16(21)13-5-2-3-6-15(13)20/h2-10H,11H2,1H3. The van der Waals surface area contributed by atoms with Crippen LogP contribution in [0.2, 0.25) is 0 Å². The van der Waals surface area contributed by atoms with Gasteiger partial charge in [-0.05, 0) is 31.2 Å². The average Bonchev–Trinajstić information content (AvgIpc) is 3.21. The Morgan fingerprint density at radius 1 is 1.13 bits per heavy atom. The van der Waals surface area contributed by atoms with Crippen LogP contribution >= 0.6 is 0 Å². The lowest BCUT2D eigenvalue weighted by Gasteiger charge is -2.09. The van der Waals surface area contributed by atoms with E-state index in [0.717, 1.165) is 17.0 Å². The monoisotopic (exact) mass is 306 g/mol. The Balaban J connectivity index is 1.77. The normalized spacial score (nSPS) is 11.2. The number of para-hydroxylation sites is 1. The molecule has 0 fully saturated rings. The molecule has 0 spiro atoms. The molecule has 0 radical (unpaired) electrons. The van der Waals surface area contributed by atoms with Gasteiger partial charge < -0.3 is 13.4 Å². The van der Waals surface area contributed by atoms with Crippen LogP contribution in [0.3, 0.4) is 0 Å². The van der Waals surface area contributed by atoms with E-state index in [4.69, 9.17) is 8.83 Å². The largest absolute Gasteiger partial charge is 0.459 e. The molecule has 0 bridgehead atoms. The van der Waals surface area contributed by atoms with Crippen molar-refractivity contribution in [1.82, 2.24) is 9.55 Å². The van der Waals surface area contributed by atoms with E-state index in [0.29, 0.717) is 23.6 Å². The molecule has 0 saturated carbocycles. The molecule has 23 heavy (non-hydrogen) atoms. The van der Waals surface area contributed by atoms with Crippen LogP contribution in [0.25, 0.3) is 22.6 Å². The molecular formula is C18H14N2O3. The second-order valence-electron chi connectivity index (χ2n) is 5.32. The van der Waals surface area contributed by atoms with Crippen LogP contribution in [0.5, 0.6) is 0 Å². The second kappa shape index (κ2) is 5.28. The number of oxazole rings is 1. The average molecular weight is 306 g/mol. The van der Waals surface area contributed by atoms with Crippen LogP contribution in [0, 0.1) is 6.92 Å². The van der Waals surface area contributed by atoms with Gasteiger partial charge in [0.15, 0.2) is 11.2 Å². The summed E-state index contributed by atoms with van der Waals surface area (Å²) in [5, 5.41) is 0.697. The minimum Gasteiger partial charge on any atom is -0.459 e. The van der Waals surface area contributed by atoms with Crippen LogP contribution in [-0.4, -0.2) is 9.55 Å². The number of hydrogen-bond donors (Lipinski definition) is 0. The highest BCUT2D eigenvalue weighted by Crippen LogP contribution is 2.23. The van der Waals surface area contributed by atoms with Crippen molar-refractivity contribution in [3.05, 3.63) is 76.6 Å². The second-order valence-corrected chi connectivity index (χ2v) is 5.32. The van der Waals surface area contributed by atoms with E-state index in [-0.39, 0.29) is 5.43 Å². The van der Waals surface area contributed by atoms with E-state index in [1.165, 1.54) is 0 Å². The topological polar surface area (TPSA) is 61.2 Å². The van der Waals surface area contributed by atoms with Crippen molar-refractivity contribution < 1.29 is 8.83 Å². The van der Waals surface area contributed by atoms with Gasteiger partial charge in [-0.2, -0.15) is 0 Å². The first-order valence-corrected chi connectivity index (χ1v) is 7.31. The zero-order chi connectivity index (χ0) is 15.8. The molecule has 4 rings (SSSR count). The molecule has 0 aliphatic carbocycles. The molecule has 5 nitrogen and oxygen atoms in total. The van der Waals surface area contributed by atoms with Gasteiger partial charge in [-0.25, -0.2) is 4.98 Å². The van der Waals surface area contributed by atoms with E-state index in [9.17, 15) is 4.79 Å². The van der Waals surface area contributed by atoms with E-state index in [1.807, 2.05) is 41.8 Å². The third-order valence-electron chi connectivity index (χ3n) is 3.83. The Morgan fingerprint density at radius 3 is 2.83 bits per heavy atom. The molecule has 0 aliphatic heterocycles. The van der Waals surface area contributed by atoms with Gasteiger partial charge in [0.25, 0.3) is 5.89 Å². The van der Waals surface area contributed by atoms with Crippen LogP contribution in [0.15, 0.2) is 68.6 Å². The highest BCUT2D eigenvalue weighted by molar-refractivity contribution is 5.78. The van der Waals surface area contributed by atoms with E-state index in [2.05, 4.69) is 4.98 Å². The molecule has 0 atom stereocenters. The number of pyridine rings is 1. The minimum absolute atomic E-state index is 0.0185. The molecule has 0 unspecified atom stereocenters. The number of hydrogen-bond acceptors (Lipinski definition) is 4. The maximum Gasteiger partial charge on any atom is 0.263 e. The van der Waals surface area contributed by atoms with Crippen molar-refractivity contribution in [2.75, 3.05) is 0 Å². The number of rotatable bonds is 3. The predicted molar refractivity (Wildman–Crippen MR) is 86.3 cm³/mol. The molecule has 3 heterocycles. The molecule has 114 valence electrons. The fraction of sp³-hybridized carbons (Fsp3) is 0.111. The summed E-state index contributed by atoms with van der Waals surface area (Å²) in [6.45, 7) is 2.40. The first-order valence-electron chi connectivity index (χ1n) is 7.31. The van der Waals surface area contributed by atoms with Gasteiger partial charge in [0, 0.05) is 17.6 Å². The van der Waals surface area contributed by atoms with Crippen LogP contribution in [0.1, 0.15) is 11.5 Å². The van der Waals surface area contributed by atoms with Crippen molar-refractivity contribution in [1.29, 1.82) is 0 Å². The maximum atomic E-state index is 11.9. The van der Waals surface area contributed by atoms with Crippen molar-refractivity contribution in [2.24, 2.45) is 0 Å². The number of nitrogens with zero attached hydrogens (tertiary/aromatic N) is 2. The van der Waals surface area contributed by atoms with E-state index >= 15 is 0 Å². The van der Waals surface area contributed by atoms with Crippen LogP contribution in [0.4, 0.5) is 0 Å².